The third kappa shape index (κ3) is 3.83. The summed E-state index contributed by atoms with van der Waals surface area (Å²) < 4.78 is 5.48. The summed E-state index contributed by atoms with van der Waals surface area (Å²) in [7, 11) is 0. The molecule has 0 radical (unpaired) electrons. The third-order valence-electron chi connectivity index (χ3n) is 4.36. The van der Waals surface area contributed by atoms with Crippen molar-refractivity contribution in [2.75, 3.05) is 26.2 Å². The maximum absolute atomic E-state index is 12.2. The number of hydrogen-bond acceptors (Lipinski definition) is 4. The molecule has 6 nitrogen and oxygen atoms in total. The predicted octanol–water partition coefficient (Wildman–Crippen LogP) is 0.712. The van der Waals surface area contributed by atoms with Crippen molar-refractivity contribution in [2.45, 2.75) is 44.2 Å². The topological polar surface area (TPSA) is 70.2 Å². The van der Waals surface area contributed by atoms with Crippen LogP contribution in [0.4, 0.5) is 0 Å². The van der Waals surface area contributed by atoms with Crippen LogP contribution in [0.3, 0.4) is 0 Å². The Kier molecular flexibility index (Phi) is 4.87. The summed E-state index contributed by atoms with van der Waals surface area (Å²) in [5.74, 6) is 1.22. The van der Waals surface area contributed by atoms with E-state index in [2.05, 4.69) is 15.3 Å². The van der Waals surface area contributed by atoms with Gasteiger partial charge in [0.1, 0.15) is 11.9 Å². The van der Waals surface area contributed by atoms with Crippen molar-refractivity contribution in [3.05, 3.63) is 18.2 Å². The number of nitrogens with one attached hydrogen (secondary N) is 2. The van der Waals surface area contributed by atoms with Gasteiger partial charge in [0.25, 0.3) is 5.91 Å². The van der Waals surface area contributed by atoms with E-state index in [9.17, 15) is 4.79 Å². The van der Waals surface area contributed by atoms with E-state index in [0.29, 0.717) is 6.04 Å². The Hall–Kier alpha value is -1.40. The van der Waals surface area contributed by atoms with E-state index in [0.717, 1.165) is 64.2 Å². The average Bonchev–Trinajstić information content (AvgIpc) is 3.21. The standard InChI is InChI=1S/C15H24N4O2/c20-15(13-2-1-11-21-13)19-9-4-12(5-10-19)16-6-3-14-17-7-8-18-14/h7-8,12-13,16H,1-6,9-11H2,(H,17,18). The Morgan fingerprint density at radius 3 is 2.95 bits per heavy atom. The first kappa shape index (κ1) is 14.5. The molecule has 116 valence electrons. The molecule has 21 heavy (non-hydrogen) atoms. The number of aromatic amines is 1. The Balaban J connectivity index is 1.35. The average molecular weight is 292 g/mol. The molecule has 2 aliphatic heterocycles. The van der Waals surface area contributed by atoms with E-state index in [1.807, 2.05) is 11.1 Å². The van der Waals surface area contributed by atoms with Crippen LogP contribution in [0, 0.1) is 0 Å². The number of H-pyrrole nitrogens is 1. The van der Waals surface area contributed by atoms with Crippen molar-refractivity contribution in [1.29, 1.82) is 0 Å². The lowest BCUT2D eigenvalue weighted by Crippen LogP contribution is -2.48. The first-order chi connectivity index (χ1) is 10.3. The second-order valence-corrected chi connectivity index (χ2v) is 5.84. The Morgan fingerprint density at radius 2 is 2.29 bits per heavy atom. The molecular formula is C15H24N4O2. The van der Waals surface area contributed by atoms with Crippen molar-refractivity contribution in [2.24, 2.45) is 0 Å². The fourth-order valence-corrected chi connectivity index (χ4v) is 3.11. The largest absolute Gasteiger partial charge is 0.368 e. The van der Waals surface area contributed by atoms with Crippen molar-refractivity contribution >= 4 is 5.91 Å². The quantitative estimate of drug-likeness (QED) is 0.838. The molecule has 2 fully saturated rings. The first-order valence-electron chi connectivity index (χ1n) is 7.95. The highest BCUT2D eigenvalue weighted by molar-refractivity contribution is 5.81. The van der Waals surface area contributed by atoms with Gasteiger partial charge in [-0.3, -0.25) is 4.79 Å². The molecule has 2 saturated heterocycles. The van der Waals surface area contributed by atoms with Crippen LogP contribution in [0.1, 0.15) is 31.5 Å². The van der Waals surface area contributed by atoms with Gasteiger partial charge in [0.2, 0.25) is 0 Å². The molecule has 1 aromatic heterocycles. The highest BCUT2D eigenvalue weighted by atomic mass is 16.5. The third-order valence-corrected chi connectivity index (χ3v) is 4.36. The molecule has 0 bridgehead atoms. The van der Waals surface area contributed by atoms with Crippen LogP contribution in [-0.4, -0.2) is 59.2 Å². The summed E-state index contributed by atoms with van der Waals surface area (Å²) in [5.41, 5.74) is 0. The number of carbonyl (C=O) groups excluding carboxylic acids is 1. The summed E-state index contributed by atoms with van der Waals surface area (Å²) in [4.78, 5) is 21.5. The molecule has 1 amide bonds. The lowest BCUT2D eigenvalue weighted by molar-refractivity contribution is -0.142. The molecule has 0 saturated carbocycles. The van der Waals surface area contributed by atoms with Gasteiger partial charge in [0.05, 0.1) is 0 Å². The fraction of sp³-hybridized carbons (Fsp3) is 0.733. The van der Waals surface area contributed by atoms with Gasteiger partial charge in [-0.1, -0.05) is 0 Å². The number of amides is 1. The van der Waals surface area contributed by atoms with Gasteiger partial charge in [-0.15, -0.1) is 0 Å². The Bertz CT molecular complexity index is 435. The van der Waals surface area contributed by atoms with Crippen LogP contribution in [0.25, 0.3) is 0 Å². The van der Waals surface area contributed by atoms with Gasteiger partial charge in [-0.05, 0) is 25.7 Å². The molecule has 0 spiro atoms. The smallest absolute Gasteiger partial charge is 0.251 e. The summed E-state index contributed by atoms with van der Waals surface area (Å²) in [6, 6.07) is 0.508. The van der Waals surface area contributed by atoms with E-state index in [4.69, 9.17) is 4.74 Å². The van der Waals surface area contributed by atoms with Gasteiger partial charge < -0.3 is 19.9 Å². The highest BCUT2D eigenvalue weighted by Gasteiger charge is 2.30. The van der Waals surface area contributed by atoms with Crippen molar-refractivity contribution in [3.8, 4) is 0 Å². The SMILES string of the molecule is O=C(C1CCCO1)N1CCC(NCCc2ncc[nH]2)CC1. The lowest BCUT2D eigenvalue weighted by atomic mass is 10.0. The number of hydrogen-bond donors (Lipinski definition) is 2. The summed E-state index contributed by atoms with van der Waals surface area (Å²) >= 11 is 0. The molecule has 2 aliphatic rings. The lowest BCUT2D eigenvalue weighted by Gasteiger charge is -2.33. The molecule has 1 atom stereocenters. The molecule has 3 rings (SSSR count). The molecule has 0 aromatic carbocycles. The van der Waals surface area contributed by atoms with Crippen LogP contribution >= 0.6 is 0 Å². The number of nitrogens with zero attached hydrogens (tertiary/aromatic N) is 2. The number of imidazole rings is 1. The van der Waals surface area contributed by atoms with Crippen LogP contribution in [-0.2, 0) is 16.0 Å². The van der Waals surface area contributed by atoms with Crippen LogP contribution in [0.15, 0.2) is 12.4 Å². The number of carbonyl (C=O) groups is 1. The second-order valence-electron chi connectivity index (χ2n) is 5.84. The second kappa shape index (κ2) is 7.04. The van der Waals surface area contributed by atoms with E-state index in [1.165, 1.54) is 0 Å². The number of ether oxygens (including phenoxy) is 1. The Morgan fingerprint density at radius 1 is 1.43 bits per heavy atom. The Labute approximate surface area is 125 Å². The first-order valence-corrected chi connectivity index (χ1v) is 7.95. The summed E-state index contributed by atoms with van der Waals surface area (Å²) in [6.07, 6.45) is 8.33. The zero-order chi connectivity index (χ0) is 14.5. The van der Waals surface area contributed by atoms with E-state index in [-0.39, 0.29) is 12.0 Å². The van der Waals surface area contributed by atoms with E-state index < -0.39 is 0 Å². The maximum atomic E-state index is 12.2. The summed E-state index contributed by atoms with van der Waals surface area (Å²) in [5, 5.41) is 3.56. The monoisotopic (exact) mass is 292 g/mol. The zero-order valence-corrected chi connectivity index (χ0v) is 12.4. The minimum Gasteiger partial charge on any atom is -0.368 e. The maximum Gasteiger partial charge on any atom is 0.251 e. The van der Waals surface area contributed by atoms with Gasteiger partial charge in [-0.2, -0.15) is 0 Å². The van der Waals surface area contributed by atoms with E-state index in [1.54, 1.807) is 6.20 Å². The van der Waals surface area contributed by atoms with Gasteiger partial charge >= 0.3 is 0 Å². The molecule has 2 N–H and O–H groups in total. The number of likely N-dealkylation sites (tertiary alicyclic amines) is 1. The minimum absolute atomic E-state index is 0.173. The van der Waals surface area contributed by atoms with Crippen LogP contribution in [0.2, 0.25) is 0 Å². The molecule has 1 unspecified atom stereocenters. The molecule has 1 aromatic rings. The normalized spacial score (nSPS) is 23.6. The van der Waals surface area contributed by atoms with Gasteiger partial charge in [0.15, 0.2) is 0 Å². The fourth-order valence-electron chi connectivity index (χ4n) is 3.11. The molecule has 3 heterocycles. The van der Waals surface area contributed by atoms with Crippen molar-refractivity contribution < 1.29 is 9.53 Å². The number of rotatable bonds is 5. The van der Waals surface area contributed by atoms with Gasteiger partial charge in [-0.25, -0.2) is 4.98 Å². The zero-order valence-electron chi connectivity index (χ0n) is 12.4. The minimum atomic E-state index is -0.173. The van der Waals surface area contributed by atoms with Crippen molar-refractivity contribution in [3.63, 3.8) is 0 Å². The summed E-state index contributed by atoms with van der Waals surface area (Å²) in [6.45, 7) is 3.35. The highest BCUT2D eigenvalue weighted by Crippen LogP contribution is 2.18. The number of piperidine rings is 1. The van der Waals surface area contributed by atoms with E-state index >= 15 is 0 Å². The molecule has 0 aliphatic carbocycles. The van der Waals surface area contributed by atoms with Gasteiger partial charge in [0, 0.05) is 51.1 Å². The molecule has 6 heteroatoms. The molecular weight excluding hydrogens is 268 g/mol. The number of aromatic nitrogens is 2. The van der Waals surface area contributed by atoms with Crippen LogP contribution < -0.4 is 5.32 Å². The predicted molar refractivity (Wildman–Crippen MR) is 78.9 cm³/mol. The van der Waals surface area contributed by atoms with Crippen LogP contribution in [0.5, 0.6) is 0 Å². The van der Waals surface area contributed by atoms with Crippen molar-refractivity contribution in [1.82, 2.24) is 20.2 Å².